The van der Waals surface area contributed by atoms with Crippen molar-refractivity contribution in [3.63, 3.8) is 0 Å². The Labute approximate surface area is 118 Å². The second kappa shape index (κ2) is 6.40. The first kappa shape index (κ1) is 14.4. The van der Waals surface area contributed by atoms with Crippen LogP contribution in [0.2, 0.25) is 0 Å². The third-order valence-corrected chi connectivity index (χ3v) is 3.47. The molecule has 0 spiro atoms. The van der Waals surface area contributed by atoms with E-state index >= 15 is 0 Å². The molecule has 7 nitrogen and oxygen atoms in total. The highest BCUT2D eigenvalue weighted by Gasteiger charge is 2.28. The summed E-state index contributed by atoms with van der Waals surface area (Å²) in [6.07, 6.45) is 5.13. The molecular formula is C13H21N5O2. The molecule has 7 heteroatoms. The van der Waals surface area contributed by atoms with Gasteiger partial charge in [-0.1, -0.05) is 0 Å². The molecule has 1 aromatic rings. The van der Waals surface area contributed by atoms with Gasteiger partial charge in [-0.05, 0) is 12.8 Å². The lowest BCUT2D eigenvalue weighted by Gasteiger charge is -2.33. The summed E-state index contributed by atoms with van der Waals surface area (Å²) in [6, 6.07) is -0.0302. The number of aromatic nitrogens is 2. The van der Waals surface area contributed by atoms with Gasteiger partial charge >= 0.3 is 6.03 Å². The normalized spacial score (nSPS) is 18.7. The van der Waals surface area contributed by atoms with Gasteiger partial charge in [0.05, 0.1) is 12.1 Å². The molecule has 20 heavy (non-hydrogen) atoms. The lowest BCUT2D eigenvalue weighted by atomic mass is 9.97. The molecule has 110 valence electrons. The molecule has 0 aromatic carbocycles. The molecule has 0 radical (unpaired) electrons. The quantitative estimate of drug-likeness (QED) is 0.841. The first-order valence-corrected chi connectivity index (χ1v) is 6.79. The number of piperidine rings is 1. The van der Waals surface area contributed by atoms with E-state index in [0.717, 1.165) is 24.9 Å². The third-order valence-electron chi connectivity index (χ3n) is 3.47. The number of hydrogen-bond donors (Lipinski definition) is 2. The molecule has 1 unspecified atom stereocenters. The Bertz CT molecular complexity index is 457. The largest absolute Gasteiger partial charge is 0.352 e. The Morgan fingerprint density at radius 2 is 2.35 bits per heavy atom. The molecule has 1 aliphatic heterocycles. The van der Waals surface area contributed by atoms with Crippen molar-refractivity contribution in [2.75, 3.05) is 27.2 Å². The van der Waals surface area contributed by atoms with E-state index in [-0.39, 0.29) is 17.9 Å². The van der Waals surface area contributed by atoms with Crippen LogP contribution in [0.1, 0.15) is 18.4 Å². The van der Waals surface area contributed by atoms with Crippen molar-refractivity contribution in [2.24, 2.45) is 5.92 Å². The summed E-state index contributed by atoms with van der Waals surface area (Å²) in [5, 5.41) is 9.43. The maximum atomic E-state index is 12.1. The number of hydrogen-bond acceptors (Lipinski definition) is 3. The molecular weight excluding hydrogens is 258 g/mol. The maximum absolute atomic E-state index is 12.1. The topological polar surface area (TPSA) is 81.3 Å². The highest BCUT2D eigenvalue weighted by Crippen LogP contribution is 2.17. The van der Waals surface area contributed by atoms with E-state index in [4.69, 9.17) is 0 Å². The van der Waals surface area contributed by atoms with E-state index in [9.17, 15) is 9.59 Å². The highest BCUT2D eigenvalue weighted by atomic mass is 16.2. The molecule has 0 bridgehead atoms. The third kappa shape index (κ3) is 3.49. The van der Waals surface area contributed by atoms with Crippen LogP contribution in [0.25, 0.3) is 0 Å². The minimum atomic E-state index is -0.125. The van der Waals surface area contributed by atoms with E-state index < -0.39 is 0 Å². The molecule has 1 fully saturated rings. The average Bonchev–Trinajstić information content (AvgIpc) is 2.97. The number of carbonyl (C=O) groups excluding carboxylic acids is 2. The monoisotopic (exact) mass is 279 g/mol. The second-order valence-corrected chi connectivity index (χ2v) is 5.29. The van der Waals surface area contributed by atoms with Gasteiger partial charge in [0, 0.05) is 45.5 Å². The Morgan fingerprint density at radius 3 is 3.00 bits per heavy atom. The molecule has 0 aliphatic carbocycles. The van der Waals surface area contributed by atoms with Gasteiger partial charge in [0.2, 0.25) is 5.91 Å². The van der Waals surface area contributed by atoms with Crippen LogP contribution in [0, 0.1) is 5.92 Å². The van der Waals surface area contributed by atoms with Gasteiger partial charge < -0.3 is 15.1 Å². The number of likely N-dealkylation sites (tertiary alicyclic amines) is 1. The Hall–Kier alpha value is -2.05. The van der Waals surface area contributed by atoms with Gasteiger partial charge in [-0.15, -0.1) is 0 Å². The summed E-state index contributed by atoms with van der Waals surface area (Å²) in [5.74, 6) is -0.123. The predicted molar refractivity (Wildman–Crippen MR) is 73.8 cm³/mol. The fraction of sp³-hybridized carbons (Fsp3) is 0.615. The molecule has 1 atom stereocenters. The number of amides is 3. The Morgan fingerprint density at radius 1 is 1.55 bits per heavy atom. The lowest BCUT2D eigenvalue weighted by Crippen LogP contribution is -2.48. The van der Waals surface area contributed by atoms with Crippen LogP contribution in [-0.4, -0.2) is 59.1 Å². The molecule has 1 saturated heterocycles. The van der Waals surface area contributed by atoms with Gasteiger partial charge in [-0.2, -0.15) is 5.10 Å². The number of urea groups is 1. The van der Waals surface area contributed by atoms with Crippen LogP contribution in [0.5, 0.6) is 0 Å². The van der Waals surface area contributed by atoms with Crippen molar-refractivity contribution in [2.45, 2.75) is 19.4 Å². The fourth-order valence-corrected chi connectivity index (χ4v) is 2.36. The summed E-state index contributed by atoms with van der Waals surface area (Å²) in [4.78, 5) is 27.3. The zero-order chi connectivity index (χ0) is 14.5. The van der Waals surface area contributed by atoms with Crippen LogP contribution >= 0.6 is 0 Å². The molecule has 1 aliphatic rings. The van der Waals surface area contributed by atoms with Gasteiger partial charge in [-0.3, -0.25) is 9.89 Å². The van der Waals surface area contributed by atoms with E-state index in [1.165, 1.54) is 0 Å². The number of rotatable bonds is 3. The van der Waals surface area contributed by atoms with Gasteiger partial charge in [0.25, 0.3) is 0 Å². The number of H-pyrrole nitrogens is 1. The van der Waals surface area contributed by atoms with Crippen molar-refractivity contribution in [1.82, 2.24) is 25.3 Å². The maximum Gasteiger partial charge on any atom is 0.319 e. The van der Waals surface area contributed by atoms with E-state index in [1.807, 2.05) is 0 Å². The van der Waals surface area contributed by atoms with Crippen molar-refractivity contribution in [3.05, 3.63) is 18.0 Å². The van der Waals surface area contributed by atoms with Crippen molar-refractivity contribution >= 4 is 11.9 Å². The molecule has 1 aromatic heterocycles. The zero-order valence-corrected chi connectivity index (χ0v) is 11.9. The van der Waals surface area contributed by atoms with Gasteiger partial charge in [0.15, 0.2) is 0 Å². The van der Waals surface area contributed by atoms with E-state index in [2.05, 4.69) is 15.5 Å². The molecule has 0 saturated carbocycles. The van der Waals surface area contributed by atoms with Crippen molar-refractivity contribution < 1.29 is 9.59 Å². The van der Waals surface area contributed by atoms with Gasteiger partial charge in [-0.25, -0.2) is 4.79 Å². The summed E-state index contributed by atoms with van der Waals surface area (Å²) in [5.41, 5.74) is 0.940. The first-order chi connectivity index (χ1) is 9.58. The molecule has 3 amide bonds. The Balaban J connectivity index is 1.85. The smallest absolute Gasteiger partial charge is 0.319 e. The molecule has 2 heterocycles. The standard InChI is InChI=1S/C13H21N5O2/c1-17(2)13(20)18-5-3-4-11(9-18)12(19)14-6-10-7-15-16-8-10/h7-8,11H,3-6,9H2,1-2H3,(H,14,19)(H,15,16). The SMILES string of the molecule is CN(C)C(=O)N1CCCC(C(=O)NCc2cn[nH]c2)C1. The minimum Gasteiger partial charge on any atom is -0.352 e. The summed E-state index contributed by atoms with van der Waals surface area (Å²) >= 11 is 0. The average molecular weight is 279 g/mol. The minimum absolute atomic E-state index is 0.00227. The van der Waals surface area contributed by atoms with Crippen LogP contribution < -0.4 is 5.32 Å². The number of nitrogens with one attached hydrogen (secondary N) is 2. The van der Waals surface area contributed by atoms with Crippen LogP contribution in [0.3, 0.4) is 0 Å². The summed E-state index contributed by atoms with van der Waals surface area (Å²) < 4.78 is 0. The molecule has 2 N–H and O–H groups in total. The van der Waals surface area contributed by atoms with Gasteiger partial charge in [0.1, 0.15) is 0 Å². The Kier molecular flexibility index (Phi) is 4.60. The zero-order valence-electron chi connectivity index (χ0n) is 11.9. The van der Waals surface area contributed by atoms with E-state index in [0.29, 0.717) is 13.1 Å². The summed E-state index contributed by atoms with van der Waals surface area (Å²) in [6.45, 7) is 1.68. The van der Waals surface area contributed by atoms with Crippen molar-refractivity contribution in [1.29, 1.82) is 0 Å². The van der Waals surface area contributed by atoms with Crippen LogP contribution in [-0.2, 0) is 11.3 Å². The highest BCUT2D eigenvalue weighted by molar-refractivity contribution is 5.80. The van der Waals surface area contributed by atoms with Crippen LogP contribution in [0.15, 0.2) is 12.4 Å². The molecule has 2 rings (SSSR count). The number of nitrogens with zero attached hydrogens (tertiary/aromatic N) is 3. The number of aromatic amines is 1. The summed E-state index contributed by atoms with van der Waals surface area (Å²) in [7, 11) is 3.45. The van der Waals surface area contributed by atoms with Crippen LogP contribution in [0.4, 0.5) is 4.79 Å². The number of carbonyl (C=O) groups is 2. The first-order valence-electron chi connectivity index (χ1n) is 6.79. The van der Waals surface area contributed by atoms with Crippen molar-refractivity contribution in [3.8, 4) is 0 Å². The van der Waals surface area contributed by atoms with E-state index in [1.54, 1.807) is 36.3 Å². The predicted octanol–water partition coefficient (Wildman–Crippen LogP) is 0.420. The fourth-order valence-electron chi connectivity index (χ4n) is 2.36. The lowest BCUT2D eigenvalue weighted by molar-refractivity contribution is -0.126. The second-order valence-electron chi connectivity index (χ2n) is 5.29.